The summed E-state index contributed by atoms with van der Waals surface area (Å²) >= 11 is 0. The van der Waals surface area contributed by atoms with Crippen molar-refractivity contribution >= 4 is 5.97 Å². The maximum atomic E-state index is 11.4. The van der Waals surface area contributed by atoms with Crippen LogP contribution in [0.1, 0.15) is 42.7 Å². The summed E-state index contributed by atoms with van der Waals surface area (Å²) in [5, 5.41) is 9.36. The molecule has 1 aliphatic carbocycles. The molecule has 0 bridgehead atoms. The molecule has 0 aliphatic heterocycles. The van der Waals surface area contributed by atoms with E-state index in [1.54, 1.807) is 0 Å². The first kappa shape index (κ1) is 11.2. The zero-order valence-corrected chi connectivity index (χ0v) is 9.65. The molecule has 86 valence electrons. The van der Waals surface area contributed by atoms with Crippen LogP contribution >= 0.6 is 0 Å². The minimum absolute atomic E-state index is 0.303. The largest absolute Gasteiger partial charge is 0.481 e. The Balaban J connectivity index is 2.24. The maximum Gasteiger partial charge on any atom is 0.311 e. The van der Waals surface area contributed by atoms with Crippen LogP contribution in [-0.2, 0) is 4.79 Å². The molecule has 0 spiro atoms. The number of carboxylic acid groups (broad SMARTS) is 1. The summed E-state index contributed by atoms with van der Waals surface area (Å²) in [6.07, 6.45) is 4.48. The second-order valence-electron chi connectivity index (χ2n) is 4.77. The first-order chi connectivity index (χ1) is 7.68. The molecular formula is C14H18O2. The van der Waals surface area contributed by atoms with Crippen LogP contribution in [0.3, 0.4) is 0 Å². The molecule has 1 aromatic carbocycles. The summed E-state index contributed by atoms with van der Waals surface area (Å²) in [6, 6.07) is 7.93. The van der Waals surface area contributed by atoms with Gasteiger partial charge in [-0.2, -0.15) is 0 Å². The van der Waals surface area contributed by atoms with E-state index in [0.717, 1.165) is 18.4 Å². The highest BCUT2D eigenvalue weighted by Gasteiger charge is 2.31. The van der Waals surface area contributed by atoms with Crippen LogP contribution in [0, 0.1) is 12.8 Å². The Morgan fingerprint density at radius 3 is 2.31 bits per heavy atom. The molecule has 1 aromatic rings. The average Bonchev–Trinajstić information content (AvgIpc) is 2.74. The Morgan fingerprint density at radius 1 is 1.25 bits per heavy atom. The van der Waals surface area contributed by atoms with Gasteiger partial charge in [-0.25, -0.2) is 0 Å². The van der Waals surface area contributed by atoms with Gasteiger partial charge in [0.25, 0.3) is 0 Å². The van der Waals surface area contributed by atoms with Gasteiger partial charge >= 0.3 is 5.97 Å². The lowest BCUT2D eigenvalue weighted by Crippen LogP contribution is -2.19. The fourth-order valence-electron chi connectivity index (χ4n) is 2.68. The third-order valence-corrected chi connectivity index (χ3v) is 3.57. The smallest absolute Gasteiger partial charge is 0.311 e. The summed E-state index contributed by atoms with van der Waals surface area (Å²) in [4.78, 5) is 11.4. The highest BCUT2D eigenvalue weighted by Crippen LogP contribution is 2.37. The minimum atomic E-state index is -0.671. The average molecular weight is 218 g/mol. The van der Waals surface area contributed by atoms with Crippen LogP contribution in [0.15, 0.2) is 24.3 Å². The molecule has 1 unspecified atom stereocenters. The summed E-state index contributed by atoms with van der Waals surface area (Å²) < 4.78 is 0. The van der Waals surface area contributed by atoms with Crippen molar-refractivity contribution in [1.29, 1.82) is 0 Å². The molecular weight excluding hydrogens is 200 g/mol. The van der Waals surface area contributed by atoms with Gasteiger partial charge in [0.05, 0.1) is 5.92 Å². The minimum Gasteiger partial charge on any atom is -0.481 e. The van der Waals surface area contributed by atoms with Gasteiger partial charge in [-0.1, -0.05) is 42.7 Å². The quantitative estimate of drug-likeness (QED) is 0.844. The topological polar surface area (TPSA) is 37.3 Å². The van der Waals surface area contributed by atoms with Crippen molar-refractivity contribution in [2.75, 3.05) is 0 Å². The molecule has 0 aromatic heterocycles. The third kappa shape index (κ3) is 2.26. The molecule has 16 heavy (non-hydrogen) atoms. The van der Waals surface area contributed by atoms with E-state index in [1.807, 2.05) is 31.2 Å². The SMILES string of the molecule is Cc1ccc(C(C(=O)O)C2CCCC2)cc1. The van der Waals surface area contributed by atoms with Gasteiger partial charge < -0.3 is 5.11 Å². The van der Waals surface area contributed by atoms with Crippen LogP contribution in [0.25, 0.3) is 0 Å². The predicted molar refractivity (Wildman–Crippen MR) is 63.5 cm³/mol. The fraction of sp³-hybridized carbons (Fsp3) is 0.500. The van der Waals surface area contributed by atoms with E-state index in [9.17, 15) is 9.90 Å². The summed E-state index contributed by atoms with van der Waals surface area (Å²) in [5.41, 5.74) is 2.14. The summed E-state index contributed by atoms with van der Waals surface area (Å²) in [5.74, 6) is -0.640. The molecule has 1 atom stereocenters. The number of aliphatic carboxylic acids is 1. The molecule has 1 fully saturated rings. The van der Waals surface area contributed by atoms with Crippen molar-refractivity contribution in [1.82, 2.24) is 0 Å². The van der Waals surface area contributed by atoms with Crippen molar-refractivity contribution in [2.24, 2.45) is 5.92 Å². The molecule has 1 aliphatic rings. The van der Waals surface area contributed by atoms with Crippen molar-refractivity contribution in [3.05, 3.63) is 35.4 Å². The van der Waals surface area contributed by atoms with E-state index in [4.69, 9.17) is 0 Å². The first-order valence-electron chi connectivity index (χ1n) is 5.98. The van der Waals surface area contributed by atoms with E-state index in [0.29, 0.717) is 5.92 Å². The van der Waals surface area contributed by atoms with Crippen molar-refractivity contribution in [3.63, 3.8) is 0 Å². The van der Waals surface area contributed by atoms with Crippen molar-refractivity contribution < 1.29 is 9.90 Å². The number of benzene rings is 1. The fourth-order valence-corrected chi connectivity index (χ4v) is 2.68. The van der Waals surface area contributed by atoms with Crippen molar-refractivity contribution in [2.45, 2.75) is 38.5 Å². The van der Waals surface area contributed by atoms with E-state index < -0.39 is 5.97 Å². The lowest BCUT2D eigenvalue weighted by Gasteiger charge is -2.19. The number of carboxylic acids is 1. The lowest BCUT2D eigenvalue weighted by atomic mass is 9.85. The van der Waals surface area contributed by atoms with Crippen LogP contribution in [0.4, 0.5) is 0 Å². The van der Waals surface area contributed by atoms with Gasteiger partial charge in [0.1, 0.15) is 0 Å². The third-order valence-electron chi connectivity index (χ3n) is 3.57. The lowest BCUT2D eigenvalue weighted by molar-refractivity contribution is -0.140. The van der Waals surface area contributed by atoms with Gasteiger partial charge in [-0.3, -0.25) is 4.79 Å². The van der Waals surface area contributed by atoms with Crippen LogP contribution < -0.4 is 0 Å². The zero-order valence-electron chi connectivity index (χ0n) is 9.65. The number of rotatable bonds is 3. The normalized spacial score (nSPS) is 18.6. The molecule has 2 rings (SSSR count). The Bertz CT molecular complexity index is 361. The van der Waals surface area contributed by atoms with Crippen LogP contribution in [-0.4, -0.2) is 11.1 Å². The van der Waals surface area contributed by atoms with E-state index in [2.05, 4.69) is 0 Å². The van der Waals surface area contributed by atoms with Gasteiger partial charge in [0.15, 0.2) is 0 Å². The number of hydrogen-bond donors (Lipinski definition) is 1. The van der Waals surface area contributed by atoms with E-state index in [1.165, 1.54) is 18.4 Å². The maximum absolute atomic E-state index is 11.4. The van der Waals surface area contributed by atoms with Crippen LogP contribution in [0.2, 0.25) is 0 Å². The number of hydrogen-bond acceptors (Lipinski definition) is 1. The van der Waals surface area contributed by atoms with Gasteiger partial charge in [-0.15, -0.1) is 0 Å². The van der Waals surface area contributed by atoms with Gasteiger partial charge in [0, 0.05) is 0 Å². The monoisotopic (exact) mass is 218 g/mol. The molecule has 2 heteroatoms. The Labute approximate surface area is 96.3 Å². The van der Waals surface area contributed by atoms with Gasteiger partial charge in [-0.05, 0) is 31.2 Å². The molecule has 0 heterocycles. The molecule has 1 N–H and O–H groups in total. The molecule has 1 saturated carbocycles. The standard InChI is InChI=1S/C14H18O2/c1-10-6-8-12(9-7-10)13(14(15)16)11-4-2-3-5-11/h6-9,11,13H,2-5H2,1H3,(H,15,16). The Kier molecular flexibility index (Phi) is 3.28. The number of carbonyl (C=O) groups is 1. The molecule has 0 radical (unpaired) electrons. The highest BCUT2D eigenvalue weighted by atomic mass is 16.4. The summed E-state index contributed by atoms with van der Waals surface area (Å²) in [6.45, 7) is 2.02. The highest BCUT2D eigenvalue weighted by molar-refractivity contribution is 5.76. The second-order valence-corrected chi connectivity index (χ2v) is 4.77. The molecule has 0 saturated heterocycles. The predicted octanol–water partition coefficient (Wildman–Crippen LogP) is 3.35. The Morgan fingerprint density at radius 2 is 1.81 bits per heavy atom. The van der Waals surface area contributed by atoms with Crippen LogP contribution in [0.5, 0.6) is 0 Å². The van der Waals surface area contributed by atoms with Gasteiger partial charge in [0.2, 0.25) is 0 Å². The Hall–Kier alpha value is -1.31. The molecule has 2 nitrogen and oxygen atoms in total. The first-order valence-corrected chi connectivity index (χ1v) is 5.98. The van der Waals surface area contributed by atoms with E-state index in [-0.39, 0.29) is 5.92 Å². The zero-order chi connectivity index (χ0) is 11.5. The van der Waals surface area contributed by atoms with E-state index >= 15 is 0 Å². The molecule has 0 amide bonds. The van der Waals surface area contributed by atoms with Crippen molar-refractivity contribution in [3.8, 4) is 0 Å². The second kappa shape index (κ2) is 4.69. The summed E-state index contributed by atoms with van der Waals surface area (Å²) in [7, 11) is 0. The number of aryl methyl sites for hydroxylation is 1.